The second-order valence-electron chi connectivity index (χ2n) is 4.45. The lowest BCUT2D eigenvalue weighted by atomic mass is 10.1. The summed E-state index contributed by atoms with van der Waals surface area (Å²) in [7, 11) is 1.72. The first-order chi connectivity index (χ1) is 9.06. The number of phenolic OH excluding ortho intramolecular Hbond substituents is 1. The average Bonchev–Trinajstić information content (AvgIpc) is 2.40. The molecule has 98 valence electrons. The number of carbonyl (C=O) groups excluding carboxylic acids is 1. The summed E-state index contributed by atoms with van der Waals surface area (Å²) < 4.78 is 0. The Morgan fingerprint density at radius 2 is 1.89 bits per heavy atom. The van der Waals surface area contributed by atoms with Crippen LogP contribution in [0.4, 0.5) is 5.69 Å². The smallest absolute Gasteiger partial charge is 0.254 e. The van der Waals surface area contributed by atoms with Crippen LogP contribution < -0.4 is 5.73 Å². The van der Waals surface area contributed by atoms with Crippen molar-refractivity contribution in [2.75, 3.05) is 12.8 Å². The van der Waals surface area contributed by atoms with Gasteiger partial charge < -0.3 is 15.7 Å². The quantitative estimate of drug-likeness (QED) is 0.828. The molecule has 0 saturated heterocycles. The van der Waals surface area contributed by atoms with E-state index in [1.807, 2.05) is 24.3 Å². The van der Waals surface area contributed by atoms with Gasteiger partial charge in [-0.1, -0.05) is 18.2 Å². The van der Waals surface area contributed by atoms with Gasteiger partial charge in [-0.3, -0.25) is 4.79 Å². The Bertz CT molecular complexity index is 579. The summed E-state index contributed by atoms with van der Waals surface area (Å²) in [5, 5.41) is 9.38. The Kier molecular flexibility index (Phi) is 3.71. The summed E-state index contributed by atoms with van der Waals surface area (Å²) >= 11 is 0. The molecule has 0 radical (unpaired) electrons. The second kappa shape index (κ2) is 5.44. The fourth-order valence-electron chi connectivity index (χ4n) is 1.83. The van der Waals surface area contributed by atoms with E-state index in [2.05, 4.69) is 0 Å². The highest BCUT2D eigenvalue weighted by Crippen LogP contribution is 2.14. The van der Waals surface area contributed by atoms with Crippen molar-refractivity contribution >= 4 is 11.6 Å². The number of benzene rings is 2. The predicted molar refractivity (Wildman–Crippen MR) is 74.8 cm³/mol. The molecule has 0 spiro atoms. The van der Waals surface area contributed by atoms with E-state index in [-0.39, 0.29) is 11.7 Å². The third-order valence-corrected chi connectivity index (χ3v) is 2.84. The maximum Gasteiger partial charge on any atom is 0.254 e. The van der Waals surface area contributed by atoms with Gasteiger partial charge in [-0.05, 0) is 35.9 Å². The largest absolute Gasteiger partial charge is 0.508 e. The molecular weight excluding hydrogens is 240 g/mol. The standard InChI is InChI=1S/C15H16N2O2/c1-17(10-11-5-7-13(16)8-6-11)15(19)12-3-2-4-14(18)9-12/h2-9,18H,10,16H2,1H3. The molecule has 0 aliphatic carbocycles. The predicted octanol–water partition coefficient (Wildman–Crippen LogP) is 2.25. The van der Waals surface area contributed by atoms with Crippen molar-refractivity contribution in [1.29, 1.82) is 0 Å². The fourth-order valence-corrected chi connectivity index (χ4v) is 1.83. The lowest BCUT2D eigenvalue weighted by Crippen LogP contribution is -2.26. The van der Waals surface area contributed by atoms with Gasteiger partial charge in [0.15, 0.2) is 0 Å². The van der Waals surface area contributed by atoms with Gasteiger partial charge in [0.2, 0.25) is 0 Å². The molecule has 0 unspecified atom stereocenters. The minimum Gasteiger partial charge on any atom is -0.508 e. The minimum absolute atomic E-state index is 0.0896. The van der Waals surface area contributed by atoms with E-state index < -0.39 is 0 Å². The van der Waals surface area contributed by atoms with Crippen LogP contribution in [-0.2, 0) is 6.54 Å². The molecule has 0 aromatic heterocycles. The lowest BCUT2D eigenvalue weighted by molar-refractivity contribution is 0.0784. The van der Waals surface area contributed by atoms with Crippen molar-refractivity contribution in [3.8, 4) is 5.75 Å². The van der Waals surface area contributed by atoms with E-state index in [1.54, 1.807) is 24.1 Å². The summed E-state index contributed by atoms with van der Waals surface area (Å²) in [5.41, 5.74) is 7.79. The van der Waals surface area contributed by atoms with Crippen LogP contribution in [0.3, 0.4) is 0 Å². The number of nitrogen functional groups attached to an aromatic ring is 1. The van der Waals surface area contributed by atoms with Gasteiger partial charge in [0, 0.05) is 24.8 Å². The van der Waals surface area contributed by atoms with E-state index in [0.717, 1.165) is 5.56 Å². The van der Waals surface area contributed by atoms with E-state index in [4.69, 9.17) is 5.73 Å². The molecule has 0 atom stereocenters. The first-order valence-corrected chi connectivity index (χ1v) is 5.95. The van der Waals surface area contributed by atoms with Gasteiger partial charge in [0.1, 0.15) is 5.75 Å². The molecule has 4 nitrogen and oxygen atoms in total. The molecule has 2 aromatic rings. The zero-order chi connectivity index (χ0) is 13.8. The first-order valence-electron chi connectivity index (χ1n) is 5.95. The minimum atomic E-state index is -0.132. The topological polar surface area (TPSA) is 66.6 Å². The van der Waals surface area contributed by atoms with Gasteiger partial charge in [-0.25, -0.2) is 0 Å². The number of rotatable bonds is 3. The highest BCUT2D eigenvalue weighted by Gasteiger charge is 2.12. The van der Waals surface area contributed by atoms with E-state index in [9.17, 15) is 9.90 Å². The van der Waals surface area contributed by atoms with Crippen LogP contribution in [0.1, 0.15) is 15.9 Å². The highest BCUT2D eigenvalue weighted by molar-refractivity contribution is 5.94. The number of hydrogen-bond donors (Lipinski definition) is 2. The zero-order valence-corrected chi connectivity index (χ0v) is 10.7. The van der Waals surface area contributed by atoms with E-state index >= 15 is 0 Å². The molecule has 4 heteroatoms. The molecule has 0 heterocycles. The Morgan fingerprint density at radius 1 is 1.21 bits per heavy atom. The van der Waals surface area contributed by atoms with Crippen LogP contribution in [0.2, 0.25) is 0 Å². The van der Waals surface area contributed by atoms with Gasteiger partial charge in [0.25, 0.3) is 5.91 Å². The van der Waals surface area contributed by atoms with Crippen LogP contribution in [-0.4, -0.2) is 23.0 Å². The van der Waals surface area contributed by atoms with Crippen LogP contribution in [0.25, 0.3) is 0 Å². The summed E-state index contributed by atoms with van der Waals surface area (Å²) in [6.45, 7) is 0.495. The van der Waals surface area contributed by atoms with Crippen molar-refractivity contribution in [2.24, 2.45) is 0 Å². The van der Waals surface area contributed by atoms with E-state index in [0.29, 0.717) is 17.8 Å². The fraction of sp³-hybridized carbons (Fsp3) is 0.133. The van der Waals surface area contributed by atoms with Crippen molar-refractivity contribution < 1.29 is 9.90 Å². The highest BCUT2D eigenvalue weighted by atomic mass is 16.3. The SMILES string of the molecule is CN(Cc1ccc(N)cc1)C(=O)c1cccc(O)c1. The molecule has 0 aliphatic rings. The van der Waals surface area contributed by atoms with Crippen molar-refractivity contribution in [2.45, 2.75) is 6.54 Å². The van der Waals surface area contributed by atoms with Gasteiger partial charge in [-0.2, -0.15) is 0 Å². The maximum absolute atomic E-state index is 12.2. The number of phenols is 1. The Labute approximate surface area is 112 Å². The number of carbonyl (C=O) groups is 1. The third-order valence-electron chi connectivity index (χ3n) is 2.84. The van der Waals surface area contributed by atoms with Crippen molar-refractivity contribution in [3.05, 3.63) is 59.7 Å². The average molecular weight is 256 g/mol. The molecule has 0 bridgehead atoms. The Hall–Kier alpha value is -2.49. The monoisotopic (exact) mass is 256 g/mol. The van der Waals surface area contributed by atoms with Crippen LogP contribution in [0.5, 0.6) is 5.75 Å². The van der Waals surface area contributed by atoms with Gasteiger partial charge in [0.05, 0.1) is 0 Å². The molecule has 0 fully saturated rings. The molecule has 2 aromatic carbocycles. The Balaban J connectivity index is 2.09. The summed E-state index contributed by atoms with van der Waals surface area (Å²) in [4.78, 5) is 13.8. The van der Waals surface area contributed by atoms with Crippen LogP contribution >= 0.6 is 0 Å². The van der Waals surface area contributed by atoms with Gasteiger partial charge in [-0.15, -0.1) is 0 Å². The normalized spacial score (nSPS) is 10.2. The van der Waals surface area contributed by atoms with Crippen molar-refractivity contribution in [3.63, 3.8) is 0 Å². The molecule has 3 N–H and O–H groups in total. The molecule has 19 heavy (non-hydrogen) atoms. The first kappa shape index (κ1) is 13.0. The number of nitrogens with zero attached hydrogens (tertiary/aromatic N) is 1. The van der Waals surface area contributed by atoms with E-state index in [1.165, 1.54) is 12.1 Å². The molecule has 1 amide bonds. The zero-order valence-electron chi connectivity index (χ0n) is 10.7. The second-order valence-corrected chi connectivity index (χ2v) is 4.45. The number of aromatic hydroxyl groups is 1. The summed E-state index contributed by atoms with van der Waals surface area (Å²) in [6, 6.07) is 13.7. The lowest BCUT2D eigenvalue weighted by Gasteiger charge is -2.17. The van der Waals surface area contributed by atoms with Crippen molar-refractivity contribution in [1.82, 2.24) is 4.90 Å². The molecule has 0 saturated carbocycles. The van der Waals surface area contributed by atoms with Crippen LogP contribution in [0.15, 0.2) is 48.5 Å². The van der Waals surface area contributed by atoms with Crippen LogP contribution in [0, 0.1) is 0 Å². The molecular formula is C15H16N2O2. The number of amides is 1. The molecule has 0 aliphatic heterocycles. The number of anilines is 1. The molecule has 2 rings (SSSR count). The van der Waals surface area contributed by atoms with Gasteiger partial charge >= 0.3 is 0 Å². The maximum atomic E-state index is 12.2. The number of hydrogen-bond acceptors (Lipinski definition) is 3. The summed E-state index contributed by atoms with van der Waals surface area (Å²) in [6.07, 6.45) is 0. The summed E-state index contributed by atoms with van der Waals surface area (Å²) in [5.74, 6) is -0.0422. The third kappa shape index (κ3) is 3.25. The Morgan fingerprint density at radius 3 is 2.53 bits per heavy atom. The number of nitrogens with two attached hydrogens (primary N) is 1.